The number of nitrogens with two attached hydrogens (primary N) is 1. The van der Waals surface area contributed by atoms with Gasteiger partial charge in [0, 0.05) is 29.1 Å². The number of aliphatic hydroxyl groups is 1. The van der Waals surface area contributed by atoms with Gasteiger partial charge in [0.2, 0.25) is 0 Å². The van der Waals surface area contributed by atoms with Gasteiger partial charge in [0.25, 0.3) is 5.56 Å². The molecule has 0 aliphatic carbocycles. The van der Waals surface area contributed by atoms with E-state index in [4.69, 9.17) is 10.5 Å². The van der Waals surface area contributed by atoms with E-state index in [-0.39, 0.29) is 48.6 Å². The standard InChI is InChI=1S/C22H20FN3O4/c1-3-22(29)15-5-18-19-13(8-26(18)20(27)14(15)9-30-21(22)28)12(7-24)11-4-10(2)16(23)6-17(11)25-19/h4-6,29H,3,7-9,24H2,1-2H3/t22-/m0/s1. The average molecular weight is 409 g/mol. The number of nitrogens with zero attached hydrogens (tertiary/aromatic N) is 2. The first-order valence-electron chi connectivity index (χ1n) is 9.79. The minimum atomic E-state index is -1.89. The molecule has 0 bridgehead atoms. The quantitative estimate of drug-likeness (QED) is 0.490. The van der Waals surface area contributed by atoms with Crippen LogP contribution < -0.4 is 11.3 Å². The Balaban J connectivity index is 1.84. The minimum Gasteiger partial charge on any atom is -0.458 e. The summed E-state index contributed by atoms with van der Waals surface area (Å²) in [7, 11) is 0. The van der Waals surface area contributed by atoms with Crippen LogP contribution in [0.15, 0.2) is 23.0 Å². The van der Waals surface area contributed by atoms with Crippen molar-refractivity contribution in [2.24, 2.45) is 5.73 Å². The van der Waals surface area contributed by atoms with Crippen LogP contribution in [0.1, 0.15) is 41.2 Å². The van der Waals surface area contributed by atoms with E-state index in [0.717, 1.165) is 16.5 Å². The van der Waals surface area contributed by atoms with Crippen molar-refractivity contribution in [2.45, 2.75) is 45.6 Å². The summed E-state index contributed by atoms with van der Waals surface area (Å²) in [6.45, 7) is 3.61. The number of aromatic nitrogens is 2. The summed E-state index contributed by atoms with van der Waals surface area (Å²) in [5.41, 5.74) is 7.85. The molecule has 7 nitrogen and oxygen atoms in total. The molecule has 1 atom stereocenters. The molecule has 30 heavy (non-hydrogen) atoms. The molecule has 8 heteroatoms. The van der Waals surface area contributed by atoms with Crippen LogP contribution in [0, 0.1) is 12.7 Å². The monoisotopic (exact) mass is 409 g/mol. The highest BCUT2D eigenvalue weighted by molar-refractivity contribution is 5.89. The molecule has 0 saturated heterocycles. The highest BCUT2D eigenvalue weighted by Crippen LogP contribution is 2.40. The molecular weight excluding hydrogens is 389 g/mol. The Morgan fingerprint density at radius 2 is 2.07 bits per heavy atom. The number of pyridine rings is 2. The zero-order valence-corrected chi connectivity index (χ0v) is 16.6. The van der Waals surface area contributed by atoms with E-state index in [1.807, 2.05) is 0 Å². The van der Waals surface area contributed by atoms with Crippen molar-refractivity contribution >= 4 is 16.9 Å². The van der Waals surface area contributed by atoms with Gasteiger partial charge in [-0.25, -0.2) is 14.2 Å². The van der Waals surface area contributed by atoms with Crippen LogP contribution in [0.4, 0.5) is 4.39 Å². The molecule has 0 amide bonds. The lowest BCUT2D eigenvalue weighted by Crippen LogP contribution is -2.44. The number of halogens is 1. The highest BCUT2D eigenvalue weighted by atomic mass is 19.1. The van der Waals surface area contributed by atoms with E-state index < -0.39 is 11.6 Å². The third-order valence-electron chi connectivity index (χ3n) is 6.29. The molecular formula is C22H20FN3O4. The molecule has 1 aromatic carbocycles. The number of hydrogen-bond acceptors (Lipinski definition) is 6. The van der Waals surface area contributed by atoms with Gasteiger partial charge < -0.3 is 20.1 Å². The van der Waals surface area contributed by atoms with Crippen molar-refractivity contribution in [1.82, 2.24) is 9.55 Å². The van der Waals surface area contributed by atoms with E-state index in [0.29, 0.717) is 22.5 Å². The summed E-state index contributed by atoms with van der Waals surface area (Å²) in [4.78, 5) is 30.1. The van der Waals surface area contributed by atoms with Gasteiger partial charge in [-0.3, -0.25) is 4.79 Å². The van der Waals surface area contributed by atoms with Crippen LogP contribution in [0.3, 0.4) is 0 Å². The Labute approximate surface area is 170 Å². The molecule has 4 heterocycles. The fraction of sp³-hybridized carbons (Fsp3) is 0.318. The van der Waals surface area contributed by atoms with Crippen molar-refractivity contribution in [2.75, 3.05) is 0 Å². The summed E-state index contributed by atoms with van der Waals surface area (Å²) in [5, 5.41) is 11.7. The van der Waals surface area contributed by atoms with Gasteiger partial charge in [0.15, 0.2) is 5.60 Å². The third kappa shape index (κ3) is 2.28. The Hall–Kier alpha value is -3.10. The maximum absolute atomic E-state index is 14.2. The molecule has 0 saturated carbocycles. The van der Waals surface area contributed by atoms with Crippen LogP contribution in [-0.4, -0.2) is 20.6 Å². The number of aryl methyl sites for hydroxylation is 1. The lowest BCUT2D eigenvalue weighted by molar-refractivity contribution is -0.172. The Morgan fingerprint density at radius 3 is 2.77 bits per heavy atom. The Bertz CT molecular complexity index is 1330. The summed E-state index contributed by atoms with van der Waals surface area (Å²) in [6, 6.07) is 4.72. The van der Waals surface area contributed by atoms with Crippen molar-refractivity contribution in [3.05, 3.63) is 62.2 Å². The van der Waals surface area contributed by atoms with E-state index >= 15 is 0 Å². The minimum absolute atomic E-state index is 0.0677. The number of fused-ring (bicyclic) bond motifs is 5. The van der Waals surface area contributed by atoms with Crippen molar-refractivity contribution < 1.29 is 19.0 Å². The van der Waals surface area contributed by atoms with Crippen LogP contribution in [0.2, 0.25) is 0 Å². The molecule has 0 spiro atoms. The molecule has 0 unspecified atom stereocenters. The van der Waals surface area contributed by atoms with Gasteiger partial charge in [-0.2, -0.15) is 0 Å². The van der Waals surface area contributed by atoms with Gasteiger partial charge in [-0.1, -0.05) is 6.92 Å². The summed E-state index contributed by atoms with van der Waals surface area (Å²) < 4.78 is 20.8. The summed E-state index contributed by atoms with van der Waals surface area (Å²) in [5.74, 6) is -1.14. The number of benzene rings is 1. The molecule has 0 fully saturated rings. The molecule has 2 aromatic heterocycles. The third-order valence-corrected chi connectivity index (χ3v) is 6.29. The predicted octanol–water partition coefficient (Wildman–Crippen LogP) is 1.99. The molecule has 154 valence electrons. The first-order valence-corrected chi connectivity index (χ1v) is 9.79. The van der Waals surface area contributed by atoms with Gasteiger partial charge in [0.05, 0.1) is 29.0 Å². The number of carbonyl (C=O) groups excluding carboxylic acids is 1. The predicted molar refractivity (Wildman–Crippen MR) is 107 cm³/mol. The van der Waals surface area contributed by atoms with Gasteiger partial charge in [0.1, 0.15) is 12.4 Å². The lowest BCUT2D eigenvalue weighted by Gasteiger charge is -2.31. The zero-order chi connectivity index (χ0) is 21.4. The van der Waals surface area contributed by atoms with Gasteiger partial charge in [-0.15, -0.1) is 0 Å². The molecule has 5 rings (SSSR count). The Kier molecular flexibility index (Phi) is 3.90. The number of cyclic esters (lactones) is 1. The van der Waals surface area contributed by atoms with Crippen LogP contribution in [0.25, 0.3) is 22.3 Å². The fourth-order valence-corrected chi connectivity index (χ4v) is 4.52. The second-order valence-electron chi connectivity index (χ2n) is 7.84. The van der Waals surface area contributed by atoms with Crippen LogP contribution in [-0.2, 0) is 34.8 Å². The molecule has 2 aliphatic rings. The number of rotatable bonds is 2. The first kappa shape index (κ1) is 18.9. The van der Waals surface area contributed by atoms with Gasteiger partial charge >= 0.3 is 5.97 Å². The second-order valence-corrected chi connectivity index (χ2v) is 7.84. The first-order chi connectivity index (χ1) is 14.3. The number of esters is 1. The molecule has 2 aliphatic heterocycles. The SMILES string of the molecule is CC[C@@]1(O)C(=O)OCc2c1cc1n(c2=O)Cc2c-1nc1cc(F)c(C)cc1c2CN. The molecule has 3 N–H and O–H groups in total. The lowest BCUT2D eigenvalue weighted by atomic mass is 9.86. The average Bonchev–Trinajstić information content (AvgIpc) is 3.09. The van der Waals surface area contributed by atoms with Gasteiger partial charge in [-0.05, 0) is 36.6 Å². The van der Waals surface area contributed by atoms with E-state index in [1.54, 1.807) is 30.5 Å². The highest BCUT2D eigenvalue weighted by Gasteiger charge is 2.45. The maximum atomic E-state index is 14.2. The topological polar surface area (TPSA) is 107 Å². The van der Waals surface area contributed by atoms with E-state index in [2.05, 4.69) is 4.98 Å². The smallest absolute Gasteiger partial charge is 0.343 e. The summed E-state index contributed by atoms with van der Waals surface area (Å²) >= 11 is 0. The van der Waals surface area contributed by atoms with Crippen LogP contribution in [0.5, 0.6) is 0 Å². The second kappa shape index (κ2) is 6.20. The molecule has 0 radical (unpaired) electrons. The summed E-state index contributed by atoms with van der Waals surface area (Å²) in [6.07, 6.45) is 0.0677. The maximum Gasteiger partial charge on any atom is 0.343 e. The largest absolute Gasteiger partial charge is 0.458 e. The number of hydrogen-bond donors (Lipinski definition) is 2. The van der Waals surface area contributed by atoms with Crippen molar-refractivity contribution in [3.63, 3.8) is 0 Å². The van der Waals surface area contributed by atoms with Crippen molar-refractivity contribution in [3.8, 4) is 11.4 Å². The van der Waals surface area contributed by atoms with Crippen molar-refractivity contribution in [1.29, 1.82) is 0 Å². The number of carbonyl (C=O) groups is 1. The van der Waals surface area contributed by atoms with E-state index in [1.165, 1.54) is 6.07 Å². The fourth-order valence-electron chi connectivity index (χ4n) is 4.52. The Morgan fingerprint density at radius 1 is 1.30 bits per heavy atom. The zero-order valence-electron chi connectivity index (χ0n) is 16.6. The van der Waals surface area contributed by atoms with Crippen LogP contribution >= 0.6 is 0 Å². The molecule has 3 aromatic rings. The number of ether oxygens (including phenoxy) is 1. The normalized spacial score (nSPS) is 19.4. The van der Waals surface area contributed by atoms with E-state index in [9.17, 15) is 19.1 Å².